The molecule has 7 heteroatoms. The van der Waals surface area contributed by atoms with Crippen LogP contribution in [0.1, 0.15) is 19.1 Å². The summed E-state index contributed by atoms with van der Waals surface area (Å²) in [5, 5.41) is 15.2. The number of furan rings is 1. The molecule has 0 aliphatic carbocycles. The number of rotatable bonds is 4. The van der Waals surface area contributed by atoms with E-state index in [1.54, 1.807) is 37.3 Å². The van der Waals surface area contributed by atoms with Gasteiger partial charge < -0.3 is 20.2 Å². The molecular formula is C15H15ClN2O3S. The van der Waals surface area contributed by atoms with Gasteiger partial charge in [-0.05, 0) is 42.5 Å². The summed E-state index contributed by atoms with van der Waals surface area (Å²) >= 11 is 11.2. The molecule has 0 fully saturated rings. The van der Waals surface area contributed by atoms with Crippen LogP contribution < -0.4 is 10.6 Å². The summed E-state index contributed by atoms with van der Waals surface area (Å²) in [6.45, 7) is 1.57. The lowest BCUT2D eigenvalue weighted by Gasteiger charge is -2.10. The Morgan fingerprint density at radius 1 is 1.36 bits per heavy atom. The minimum Gasteiger partial charge on any atom is -0.459 e. The number of aliphatic hydroxyl groups excluding tert-OH is 1. The van der Waals surface area contributed by atoms with Gasteiger partial charge in [-0.25, -0.2) is 0 Å². The van der Waals surface area contributed by atoms with Crippen LogP contribution >= 0.6 is 23.8 Å². The van der Waals surface area contributed by atoms with Crippen molar-refractivity contribution in [2.24, 2.45) is 0 Å². The zero-order valence-electron chi connectivity index (χ0n) is 11.9. The van der Waals surface area contributed by atoms with Crippen molar-refractivity contribution >= 4 is 40.5 Å². The molecule has 2 rings (SSSR count). The Morgan fingerprint density at radius 2 is 2.14 bits per heavy atom. The summed E-state index contributed by atoms with van der Waals surface area (Å²) in [7, 11) is 0. The zero-order valence-corrected chi connectivity index (χ0v) is 13.4. The Bertz CT molecular complexity index is 700. The molecule has 1 aromatic heterocycles. The van der Waals surface area contributed by atoms with Crippen LogP contribution in [0, 0.1) is 0 Å². The van der Waals surface area contributed by atoms with Crippen LogP contribution in [0.4, 0.5) is 5.69 Å². The lowest BCUT2D eigenvalue weighted by Crippen LogP contribution is -2.33. The first-order chi connectivity index (χ1) is 10.5. The summed E-state index contributed by atoms with van der Waals surface area (Å²) in [4.78, 5) is 11.3. The number of halogens is 1. The number of benzene rings is 1. The Kier molecular flexibility index (Phi) is 5.54. The largest absolute Gasteiger partial charge is 0.459 e. The van der Waals surface area contributed by atoms with Crippen LogP contribution in [-0.4, -0.2) is 16.1 Å². The van der Waals surface area contributed by atoms with Crippen LogP contribution in [0.15, 0.2) is 34.7 Å². The number of anilines is 1. The van der Waals surface area contributed by atoms with E-state index in [1.165, 1.54) is 0 Å². The maximum Gasteiger partial charge on any atom is 0.225 e. The van der Waals surface area contributed by atoms with Crippen molar-refractivity contribution in [1.29, 1.82) is 0 Å². The van der Waals surface area contributed by atoms with Gasteiger partial charge in [0.05, 0.1) is 5.02 Å². The third-order valence-corrected chi connectivity index (χ3v) is 3.41. The molecule has 0 saturated carbocycles. The minimum atomic E-state index is -0.178. The fraction of sp³-hybridized carbons (Fsp3) is 0.200. The van der Waals surface area contributed by atoms with E-state index in [0.29, 0.717) is 34.2 Å². The summed E-state index contributed by atoms with van der Waals surface area (Å²) in [5.41, 5.74) is 1.33. The van der Waals surface area contributed by atoms with Gasteiger partial charge in [0, 0.05) is 17.7 Å². The first-order valence-corrected chi connectivity index (χ1v) is 7.42. The molecule has 0 unspecified atom stereocenters. The van der Waals surface area contributed by atoms with Crippen molar-refractivity contribution in [1.82, 2.24) is 5.32 Å². The Morgan fingerprint density at radius 3 is 2.77 bits per heavy atom. The number of carbonyl (C=O) groups is 1. The monoisotopic (exact) mass is 338 g/mol. The predicted molar refractivity (Wildman–Crippen MR) is 89.7 cm³/mol. The Hall–Kier alpha value is -1.89. The number of amides is 1. The molecule has 1 amide bonds. The molecule has 0 aliphatic rings. The molecule has 0 saturated heterocycles. The van der Waals surface area contributed by atoms with Gasteiger partial charge in [0.25, 0.3) is 0 Å². The van der Waals surface area contributed by atoms with Gasteiger partial charge >= 0.3 is 0 Å². The first kappa shape index (κ1) is 16.5. The quantitative estimate of drug-likeness (QED) is 0.746. The van der Waals surface area contributed by atoms with E-state index in [9.17, 15) is 4.79 Å². The van der Waals surface area contributed by atoms with Gasteiger partial charge in [-0.1, -0.05) is 18.5 Å². The maximum absolute atomic E-state index is 11.3. The van der Waals surface area contributed by atoms with E-state index in [2.05, 4.69) is 10.6 Å². The molecule has 0 aliphatic heterocycles. The molecular weight excluding hydrogens is 324 g/mol. The highest BCUT2D eigenvalue weighted by Gasteiger charge is 2.10. The molecule has 0 bridgehead atoms. The van der Waals surface area contributed by atoms with E-state index in [4.69, 9.17) is 33.3 Å². The van der Waals surface area contributed by atoms with Gasteiger partial charge in [-0.3, -0.25) is 4.79 Å². The van der Waals surface area contributed by atoms with Crippen molar-refractivity contribution in [2.75, 3.05) is 5.32 Å². The van der Waals surface area contributed by atoms with E-state index >= 15 is 0 Å². The molecule has 1 aromatic carbocycles. The average molecular weight is 339 g/mol. The SMILES string of the molecule is CCC(=O)NC(=S)Nc1ccc(Cl)c(-c2ccc(CO)o2)c1. The zero-order chi connectivity index (χ0) is 16.1. The summed E-state index contributed by atoms with van der Waals surface area (Å²) in [6.07, 6.45) is 0.351. The van der Waals surface area contributed by atoms with Crippen LogP contribution in [-0.2, 0) is 11.4 Å². The fourth-order valence-electron chi connectivity index (χ4n) is 1.78. The van der Waals surface area contributed by atoms with Gasteiger partial charge in [0.2, 0.25) is 5.91 Å². The molecule has 0 atom stereocenters. The van der Waals surface area contributed by atoms with Gasteiger partial charge in [0.15, 0.2) is 5.11 Å². The van der Waals surface area contributed by atoms with Crippen molar-refractivity contribution in [2.45, 2.75) is 20.0 Å². The molecule has 5 nitrogen and oxygen atoms in total. The normalized spacial score (nSPS) is 10.3. The molecule has 3 N–H and O–H groups in total. The highest BCUT2D eigenvalue weighted by atomic mass is 35.5. The highest BCUT2D eigenvalue weighted by molar-refractivity contribution is 7.80. The summed E-state index contributed by atoms with van der Waals surface area (Å²) in [5.74, 6) is 0.835. The lowest BCUT2D eigenvalue weighted by molar-refractivity contribution is -0.119. The second kappa shape index (κ2) is 7.40. The highest BCUT2D eigenvalue weighted by Crippen LogP contribution is 2.31. The smallest absolute Gasteiger partial charge is 0.225 e. The number of nitrogens with one attached hydrogen (secondary N) is 2. The molecule has 2 aromatic rings. The average Bonchev–Trinajstić information content (AvgIpc) is 2.97. The number of aliphatic hydroxyl groups is 1. The second-order valence-corrected chi connectivity index (χ2v) is 5.29. The van der Waals surface area contributed by atoms with Gasteiger partial charge in [-0.2, -0.15) is 0 Å². The molecule has 1 heterocycles. The van der Waals surface area contributed by atoms with Crippen molar-refractivity contribution in [3.05, 3.63) is 41.1 Å². The van der Waals surface area contributed by atoms with Gasteiger partial charge in [-0.15, -0.1) is 0 Å². The van der Waals surface area contributed by atoms with E-state index in [1.807, 2.05) is 0 Å². The standard InChI is InChI=1S/C15H15ClN2O3S/c1-2-14(20)18-15(22)17-9-3-5-12(16)11(7-9)13-6-4-10(8-19)21-13/h3-7,19H,2,8H2,1H3,(H2,17,18,20,22). The van der Waals surface area contributed by atoms with Crippen molar-refractivity contribution < 1.29 is 14.3 Å². The Balaban J connectivity index is 2.19. The number of thiocarbonyl (C=S) groups is 1. The molecule has 116 valence electrons. The van der Waals surface area contributed by atoms with E-state index in [-0.39, 0.29) is 17.6 Å². The third-order valence-electron chi connectivity index (χ3n) is 2.88. The maximum atomic E-state index is 11.3. The fourth-order valence-corrected chi connectivity index (χ4v) is 2.22. The van der Waals surface area contributed by atoms with Crippen LogP contribution in [0.5, 0.6) is 0 Å². The summed E-state index contributed by atoms with van der Waals surface area (Å²) < 4.78 is 5.48. The van der Waals surface area contributed by atoms with E-state index in [0.717, 1.165) is 0 Å². The molecule has 0 radical (unpaired) electrons. The second-order valence-electron chi connectivity index (χ2n) is 4.47. The predicted octanol–water partition coefficient (Wildman–Crippen LogP) is 3.32. The minimum absolute atomic E-state index is 0.162. The number of hydrogen-bond acceptors (Lipinski definition) is 4. The van der Waals surface area contributed by atoms with Crippen LogP contribution in [0.25, 0.3) is 11.3 Å². The molecule has 0 spiro atoms. The first-order valence-electron chi connectivity index (χ1n) is 6.63. The van der Waals surface area contributed by atoms with E-state index < -0.39 is 0 Å². The van der Waals surface area contributed by atoms with Crippen molar-refractivity contribution in [3.8, 4) is 11.3 Å². The van der Waals surface area contributed by atoms with Crippen LogP contribution in [0.2, 0.25) is 5.02 Å². The third kappa shape index (κ3) is 4.07. The van der Waals surface area contributed by atoms with Crippen LogP contribution in [0.3, 0.4) is 0 Å². The van der Waals surface area contributed by atoms with Gasteiger partial charge in [0.1, 0.15) is 18.1 Å². The number of hydrogen-bond donors (Lipinski definition) is 3. The lowest BCUT2D eigenvalue weighted by atomic mass is 10.1. The number of carbonyl (C=O) groups excluding carboxylic acids is 1. The topological polar surface area (TPSA) is 74.5 Å². The molecule has 22 heavy (non-hydrogen) atoms. The summed E-state index contributed by atoms with van der Waals surface area (Å²) in [6, 6.07) is 8.61. The Labute approximate surface area is 138 Å². The van der Waals surface area contributed by atoms with Crippen molar-refractivity contribution in [3.63, 3.8) is 0 Å².